The molecule has 5 heteroatoms. The van der Waals surface area contributed by atoms with Gasteiger partial charge in [-0.05, 0) is 12.1 Å². The first-order valence-corrected chi connectivity index (χ1v) is 4.10. The van der Waals surface area contributed by atoms with E-state index in [2.05, 4.69) is 0 Å². The highest BCUT2D eigenvalue weighted by atomic mass is 35.5. The Kier molecular flexibility index (Phi) is 3.41. The Morgan fingerprint density at radius 2 is 2.14 bits per heavy atom. The summed E-state index contributed by atoms with van der Waals surface area (Å²) in [5.41, 5.74) is -0.199. The summed E-state index contributed by atoms with van der Waals surface area (Å²) < 4.78 is 29.0. The van der Waals surface area contributed by atoms with Gasteiger partial charge in [-0.25, -0.2) is 8.78 Å². The van der Waals surface area contributed by atoms with E-state index in [0.717, 1.165) is 0 Å². The van der Waals surface area contributed by atoms with Crippen molar-refractivity contribution in [3.05, 3.63) is 28.8 Å². The van der Waals surface area contributed by atoms with Gasteiger partial charge < -0.3 is 4.74 Å². The molecule has 1 aromatic carbocycles. The van der Waals surface area contributed by atoms with E-state index >= 15 is 0 Å². The highest BCUT2D eigenvalue weighted by Gasteiger charge is 2.22. The molecule has 1 aromatic rings. The normalized spacial score (nSPS) is 10.4. The van der Waals surface area contributed by atoms with Gasteiger partial charge in [-0.1, -0.05) is 17.7 Å². The summed E-state index contributed by atoms with van der Waals surface area (Å²) in [7, 11) is 1.27. The van der Waals surface area contributed by atoms with Crippen molar-refractivity contribution in [2.75, 3.05) is 7.11 Å². The molecule has 0 radical (unpaired) electrons. The van der Waals surface area contributed by atoms with E-state index in [1.165, 1.54) is 25.3 Å². The third kappa shape index (κ3) is 2.01. The largest absolute Gasteiger partial charge is 0.494 e. The fraction of sp³-hybridized carbons (Fsp3) is 0.222. The van der Waals surface area contributed by atoms with Crippen LogP contribution in [0.2, 0.25) is 5.02 Å². The number of para-hydroxylation sites is 1. The monoisotopic (exact) mass is 220 g/mol. The molecule has 1 rings (SSSR count). The lowest BCUT2D eigenvalue weighted by molar-refractivity contribution is 0.0675. The second-order valence-corrected chi connectivity index (χ2v) is 2.89. The summed E-state index contributed by atoms with van der Waals surface area (Å²) >= 11 is 5.66. The van der Waals surface area contributed by atoms with E-state index in [1.54, 1.807) is 0 Å². The molecule has 0 fully saturated rings. The van der Waals surface area contributed by atoms with Crippen molar-refractivity contribution in [3.8, 4) is 5.75 Å². The van der Waals surface area contributed by atoms with E-state index in [1.807, 2.05) is 0 Å². The molecule has 0 spiro atoms. The molecule has 0 aliphatic rings. The van der Waals surface area contributed by atoms with Crippen LogP contribution in [0.5, 0.6) is 5.75 Å². The Hall–Kier alpha value is -1.16. The maximum atomic E-state index is 12.1. The Morgan fingerprint density at radius 3 is 2.64 bits per heavy atom. The van der Waals surface area contributed by atoms with Crippen LogP contribution in [0.1, 0.15) is 10.4 Å². The second-order valence-electron chi connectivity index (χ2n) is 2.49. The minimum atomic E-state index is -3.05. The zero-order valence-electron chi connectivity index (χ0n) is 7.26. The number of hydrogen-bond donors (Lipinski definition) is 0. The molecule has 2 nitrogen and oxygen atoms in total. The highest BCUT2D eigenvalue weighted by Crippen LogP contribution is 2.29. The van der Waals surface area contributed by atoms with Crippen LogP contribution < -0.4 is 4.74 Å². The predicted octanol–water partition coefficient (Wildman–Crippen LogP) is 2.80. The Morgan fingerprint density at radius 1 is 1.50 bits per heavy atom. The van der Waals surface area contributed by atoms with Crippen molar-refractivity contribution in [3.63, 3.8) is 0 Å². The summed E-state index contributed by atoms with van der Waals surface area (Å²) in [5, 5.41) is 0.138. The second kappa shape index (κ2) is 4.37. The quantitative estimate of drug-likeness (QED) is 0.733. The Bertz CT molecular complexity index is 353. The number of ketones is 1. The van der Waals surface area contributed by atoms with E-state index in [0.29, 0.717) is 0 Å². The van der Waals surface area contributed by atoms with Gasteiger partial charge in [0.25, 0.3) is 0 Å². The maximum absolute atomic E-state index is 12.1. The first kappa shape index (κ1) is 10.9. The van der Waals surface area contributed by atoms with Crippen LogP contribution in [0.4, 0.5) is 8.78 Å². The molecule has 0 atom stereocenters. The standard InChI is InChI=1S/C9H7ClF2O2/c1-14-8-5(7(13)9(11)12)3-2-4-6(8)10/h2-4,9H,1H3. The van der Waals surface area contributed by atoms with Crippen LogP contribution in [0.3, 0.4) is 0 Å². The lowest BCUT2D eigenvalue weighted by Gasteiger charge is -2.08. The molecule has 0 aliphatic carbocycles. The molecule has 0 N–H and O–H groups in total. The van der Waals surface area contributed by atoms with E-state index in [9.17, 15) is 13.6 Å². The summed E-state index contributed by atoms with van der Waals surface area (Å²) in [4.78, 5) is 11.0. The van der Waals surface area contributed by atoms with Crippen LogP contribution in [0.25, 0.3) is 0 Å². The molecule has 0 aromatic heterocycles. The number of benzene rings is 1. The third-order valence-electron chi connectivity index (χ3n) is 1.63. The van der Waals surface area contributed by atoms with Gasteiger partial charge in [-0.3, -0.25) is 4.79 Å². The van der Waals surface area contributed by atoms with Crippen LogP contribution in [-0.4, -0.2) is 19.3 Å². The van der Waals surface area contributed by atoms with Crippen molar-refractivity contribution >= 4 is 17.4 Å². The fourth-order valence-electron chi connectivity index (χ4n) is 1.03. The van der Waals surface area contributed by atoms with Gasteiger partial charge in [0.05, 0.1) is 17.7 Å². The van der Waals surface area contributed by atoms with Gasteiger partial charge in [-0.2, -0.15) is 0 Å². The zero-order chi connectivity index (χ0) is 10.7. The SMILES string of the molecule is COc1c(Cl)cccc1C(=O)C(F)F. The zero-order valence-corrected chi connectivity index (χ0v) is 8.02. The number of halogens is 3. The molecule has 0 heterocycles. The fourth-order valence-corrected chi connectivity index (χ4v) is 1.28. The van der Waals surface area contributed by atoms with Crippen LogP contribution in [-0.2, 0) is 0 Å². The molecule has 76 valence electrons. The minimum absolute atomic E-state index is 0.0144. The maximum Gasteiger partial charge on any atom is 0.300 e. The van der Waals surface area contributed by atoms with Crippen molar-refractivity contribution < 1.29 is 18.3 Å². The molecular formula is C9H7ClF2O2. The van der Waals surface area contributed by atoms with Crippen LogP contribution in [0, 0.1) is 0 Å². The summed E-state index contributed by atoms with van der Waals surface area (Å²) in [6.45, 7) is 0. The van der Waals surface area contributed by atoms with E-state index < -0.39 is 12.2 Å². The summed E-state index contributed by atoms with van der Waals surface area (Å²) in [6, 6.07) is 4.13. The Labute approximate surface area is 84.4 Å². The number of Topliss-reactive ketones (excluding diaryl/α,β-unsaturated/α-hetero) is 1. The number of carbonyl (C=O) groups excluding carboxylic acids is 1. The van der Waals surface area contributed by atoms with Gasteiger partial charge in [0.1, 0.15) is 5.75 Å². The highest BCUT2D eigenvalue weighted by molar-refractivity contribution is 6.32. The summed E-state index contributed by atoms with van der Waals surface area (Å²) in [6.07, 6.45) is -3.05. The average molecular weight is 221 g/mol. The van der Waals surface area contributed by atoms with Crippen molar-refractivity contribution in [2.24, 2.45) is 0 Å². The van der Waals surface area contributed by atoms with E-state index in [4.69, 9.17) is 16.3 Å². The van der Waals surface area contributed by atoms with E-state index in [-0.39, 0.29) is 16.3 Å². The van der Waals surface area contributed by atoms with Gasteiger partial charge in [0.2, 0.25) is 5.78 Å². The number of alkyl halides is 2. The summed E-state index contributed by atoms with van der Waals surface area (Å²) in [5.74, 6) is -1.30. The number of hydrogen-bond acceptors (Lipinski definition) is 2. The third-order valence-corrected chi connectivity index (χ3v) is 1.93. The lowest BCUT2D eigenvalue weighted by Crippen LogP contribution is -2.11. The number of methoxy groups -OCH3 is 1. The molecule has 0 amide bonds. The van der Waals surface area contributed by atoms with Crippen molar-refractivity contribution in [1.29, 1.82) is 0 Å². The number of rotatable bonds is 3. The van der Waals surface area contributed by atoms with Crippen LogP contribution in [0.15, 0.2) is 18.2 Å². The lowest BCUT2D eigenvalue weighted by atomic mass is 10.1. The van der Waals surface area contributed by atoms with Gasteiger partial charge in [0.15, 0.2) is 0 Å². The van der Waals surface area contributed by atoms with Gasteiger partial charge in [-0.15, -0.1) is 0 Å². The smallest absolute Gasteiger partial charge is 0.300 e. The first-order chi connectivity index (χ1) is 6.57. The number of ether oxygens (including phenoxy) is 1. The van der Waals surface area contributed by atoms with Crippen molar-refractivity contribution in [1.82, 2.24) is 0 Å². The van der Waals surface area contributed by atoms with Gasteiger partial charge in [0, 0.05) is 0 Å². The number of carbonyl (C=O) groups is 1. The molecule has 0 aliphatic heterocycles. The minimum Gasteiger partial charge on any atom is -0.494 e. The Balaban J connectivity index is 3.20. The average Bonchev–Trinajstić information content (AvgIpc) is 2.16. The predicted molar refractivity (Wildman–Crippen MR) is 48.3 cm³/mol. The molecule has 0 saturated heterocycles. The molecule has 14 heavy (non-hydrogen) atoms. The first-order valence-electron chi connectivity index (χ1n) is 3.72. The van der Waals surface area contributed by atoms with Gasteiger partial charge >= 0.3 is 6.43 Å². The molecule has 0 saturated carbocycles. The van der Waals surface area contributed by atoms with Crippen LogP contribution >= 0.6 is 11.6 Å². The molecular weight excluding hydrogens is 214 g/mol. The molecule has 0 unspecified atom stereocenters. The topological polar surface area (TPSA) is 26.3 Å². The molecule has 0 bridgehead atoms. The van der Waals surface area contributed by atoms with Crippen molar-refractivity contribution in [2.45, 2.75) is 6.43 Å².